The lowest BCUT2D eigenvalue weighted by Gasteiger charge is -2.32. The summed E-state index contributed by atoms with van der Waals surface area (Å²) in [6, 6.07) is 0.146. The molecule has 0 aromatic carbocycles. The largest absolute Gasteiger partial charge is 0.785 e. The normalized spacial score (nSPS) is 11.7. The summed E-state index contributed by atoms with van der Waals surface area (Å²) in [6.45, 7) is 6.93. The van der Waals surface area contributed by atoms with Crippen LogP contribution < -0.4 is 0 Å². The second-order valence-electron chi connectivity index (χ2n) is 6.48. The molecule has 0 heterocycles. The number of nitrogens with zero attached hydrogens (tertiary/aromatic N) is 1. The van der Waals surface area contributed by atoms with Gasteiger partial charge >= 0.3 is 0 Å². The molecule has 0 fully saturated rings. The molecule has 0 unspecified atom stereocenters. The average molecular weight is 285 g/mol. The van der Waals surface area contributed by atoms with Crippen LogP contribution in [0.15, 0.2) is 0 Å². The quantitative estimate of drug-likeness (QED) is 0.261. The molecule has 0 amide bonds. The van der Waals surface area contributed by atoms with Gasteiger partial charge in [0.15, 0.2) is 0 Å². The molecule has 122 valence electrons. The molecule has 0 aromatic heterocycles. The Bertz CT molecular complexity index is 182. The maximum atomic E-state index is 11.4. The van der Waals surface area contributed by atoms with E-state index in [4.69, 9.17) is 0 Å². The van der Waals surface area contributed by atoms with E-state index in [1.807, 2.05) is 13.8 Å². The fourth-order valence-corrected chi connectivity index (χ4v) is 2.54. The fraction of sp³-hybridized carbons (Fsp3) is 1.00. The third kappa shape index (κ3) is 14.3. The number of hydroxylamine groups is 2. The monoisotopic (exact) mass is 284 g/mol. The first-order valence-corrected chi connectivity index (χ1v) is 9.12. The molecular weight excluding hydrogens is 246 g/mol. The van der Waals surface area contributed by atoms with E-state index in [9.17, 15) is 5.21 Å². The van der Waals surface area contributed by atoms with Crippen LogP contribution in [0.4, 0.5) is 0 Å². The van der Waals surface area contributed by atoms with E-state index in [-0.39, 0.29) is 6.04 Å². The highest BCUT2D eigenvalue weighted by Gasteiger charge is 1.97. The van der Waals surface area contributed by atoms with Crippen molar-refractivity contribution in [2.75, 3.05) is 6.54 Å². The van der Waals surface area contributed by atoms with Crippen molar-refractivity contribution >= 4 is 0 Å². The van der Waals surface area contributed by atoms with E-state index in [2.05, 4.69) is 6.92 Å². The zero-order valence-electron chi connectivity index (χ0n) is 14.3. The third-order valence-electron chi connectivity index (χ3n) is 4.06. The van der Waals surface area contributed by atoms with Crippen LogP contribution in [0.2, 0.25) is 0 Å². The van der Waals surface area contributed by atoms with E-state index in [0.29, 0.717) is 0 Å². The number of rotatable bonds is 15. The minimum Gasteiger partial charge on any atom is -0.785 e. The van der Waals surface area contributed by atoms with Crippen molar-refractivity contribution in [3.05, 3.63) is 5.21 Å². The Balaban J connectivity index is 3.03. The zero-order valence-corrected chi connectivity index (χ0v) is 14.3. The van der Waals surface area contributed by atoms with Crippen LogP contribution in [-0.2, 0) is 0 Å². The SMILES string of the molecule is CCCCCCCCCCCCCCCN([O-])C(C)C. The summed E-state index contributed by atoms with van der Waals surface area (Å²) in [6.07, 6.45) is 17.7. The Morgan fingerprint density at radius 1 is 0.650 bits per heavy atom. The number of hydrogen-bond acceptors (Lipinski definition) is 2. The van der Waals surface area contributed by atoms with Crippen molar-refractivity contribution in [3.63, 3.8) is 0 Å². The summed E-state index contributed by atoms with van der Waals surface area (Å²) in [5.74, 6) is 0. The van der Waals surface area contributed by atoms with E-state index in [1.165, 1.54) is 82.1 Å². The van der Waals surface area contributed by atoms with Crippen LogP contribution in [0, 0.1) is 5.21 Å². The van der Waals surface area contributed by atoms with Crippen molar-refractivity contribution < 1.29 is 0 Å². The van der Waals surface area contributed by atoms with Gasteiger partial charge in [-0.2, -0.15) is 0 Å². The van der Waals surface area contributed by atoms with Gasteiger partial charge in [-0.15, -0.1) is 0 Å². The first-order valence-electron chi connectivity index (χ1n) is 9.12. The van der Waals surface area contributed by atoms with Crippen LogP contribution in [0.25, 0.3) is 0 Å². The molecule has 0 aliphatic carbocycles. The highest BCUT2D eigenvalue weighted by atomic mass is 16.5. The predicted octanol–water partition coefficient (Wildman–Crippen LogP) is 6.29. The summed E-state index contributed by atoms with van der Waals surface area (Å²) in [7, 11) is 0. The first-order chi connectivity index (χ1) is 9.68. The number of unbranched alkanes of at least 4 members (excludes halogenated alkanes) is 12. The second-order valence-corrected chi connectivity index (χ2v) is 6.48. The molecule has 0 atom stereocenters. The van der Waals surface area contributed by atoms with Crippen LogP contribution in [0.1, 0.15) is 104 Å². The van der Waals surface area contributed by atoms with Gasteiger partial charge in [-0.3, -0.25) is 0 Å². The Hall–Kier alpha value is -0.0800. The van der Waals surface area contributed by atoms with Gasteiger partial charge in [-0.1, -0.05) is 97.8 Å². The Morgan fingerprint density at radius 3 is 1.35 bits per heavy atom. The smallest absolute Gasteiger partial charge is 0.00839 e. The topological polar surface area (TPSA) is 26.3 Å². The van der Waals surface area contributed by atoms with Crippen LogP contribution in [0.5, 0.6) is 0 Å². The fourth-order valence-electron chi connectivity index (χ4n) is 2.54. The maximum absolute atomic E-state index is 11.4. The van der Waals surface area contributed by atoms with Gasteiger partial charge in [0.05, 0.1) is 0 Å². The van der Waals surface area contributed by atoms with Crippen LogP contribution in [0.3, 0.4) is 0 Å². The molecule has 0 bridgehead atoms. The van der Waals surface area contributed by atoms with E-state index in [1.54, 1.807) is 0 Å². The van der Waals surface area contributed by atoms with Gasteiger partial charge < -0.3 is 10.3 Å². The molecule has 0 rings (SSSR count). The van der Waals surface area contributed by atoms with E-state index < -0.39 is 0 Å². The molecule has 0 N–H and O–H groups in total. The Kier molecular flexibility index (Phi) is 15.3. The van der Waals surface area contributed by atoms with Crippen molar-refractivity contribution in [1.82, 2.24) is 5.06 Å². The summed E-state index contributed by atoms with van der Waals surface area (Å²) < 4.78 is 0. The van der Waals surface area contributed by atoms with E-state index >= 15 is 0 Å². The average Bonchev–Trinajstić information content (AvgIpc) is 2.43. The molecule has 0 aliphatic rings. The zero-order chi connectivity index (χ0) is 15.1. The summed E-state index contributed by atoms with van der Waals surface area (Å²) >= 11 is 0. The highest BCUT2D eigenvalue weighted by Crippen LogP contribution is 2.12. The van der Waals surface area contributed by atoms with Crippen LogP contribution in [-0.4, -0.2) is 17.6 Å². The molecular formula is C18H38NO-. The highest BCUT2D eigenvalue weighted by molar-refractivity contribution is 4.62. The van der Waals surface area contributed by atoms with Gasteiger partial charge in [0.2, 0.25) is 0 Å². The van der Waals surface area contributed by atoms with Gasteiger partial charge in [-0.25, -0.2) is 0 Å². The summed E-state index contributed by atoms with van der Waals surface area (Å²) in [5, 5.41) is 12.6. The minimum atomic E-state index is 0.146. The third-order valence-corrected chi connectivity index (χ3v) is 4.06. The molecule has 0 spiro atoms. The second kappa shape index (κ2) is 15.3. The predicted molar refractivity (Wildman–Crippen MR) is 90.9 cm³/mol. The molecule has 20 heavy (non-hydrogen) atoms. The Labute approximate surface area is 127 Å². The van der Waals surface area contributed by atoms with Gasteiger partial charge in [0, 0.05) is 0 Å². The standard InChI is InChI=1S/C18H38NO/c1-4-5-6-7-8-9-10-11-12-13-14-15-16-17-19(20)18(2)3/h18H,4-17H2,1-3H3/q-1. The summed E-state index contributed by atoms with van der Waals surface area (Å²) in [5.41, 5.74) is 0. The van der Waals surface area contributed by atoms with Crippen molar-refractivity contribution in [3.8, 4) is 0 Å². The lowest BCUT2D eigenvalue weighted by molar-refractivity contribution is 0.303. The van der Waals surface area contributed by atoms with Crippen LogP contribution >= 0.6 is 0 Å². The summed E-state index contributed by atoms with van der Waals surface area (Å²) in [4.78, 5) is 0. The van der Waals surface area contributed by atoms with Crippen molar-refractivity contribution in [2.45, 2.75) is 110 Å². The van der Waals surface area contributed by atoms with E-state index in [0.717, 1.165) is 13.0 Å². The first kappa shape index (κ1) is 19.9. The lowest BCUT2D eigenvalue weighted by Crippen LogP contribution is -2.25. The maximum Gasteiger partial charge on any atom is -0.00839 e. The minimum absolute atomic E-state index is 0.146. The lowest BCUT2D eigenvalue weighted by atomic mass is 10.0. The molecule has 2 heteroatoms. The van der Waals surface area contributed by atoms with Crippen molar-refractivity contribution in [2.24, 2.45) is 0 Å². The Morgan fingerprint density at radius 2 is 1.00 bits per heavy atom. The number of hydrogen-bond donors (Lipinski definition) is 0. The molecule has 0 aliphatic heterocycles. The van der Waals surface area contributed by atoms with Gasteiger partial charge in [-0.05, 0) is 19.0 Å². The van der Waals surface area contributed by atoms with Crippen molar-refractivity contribution in [1.29, 1.82) is 0 Å². The van der Waals surface area contributed by atoms with Gasteiger partial charge in [0.1, 0.15) is 0 Å². The molecule has 0 aromatic rings. The molecule has 0 saturated carbocycles. The molecule has 0 radical (unpaired) electrons. The van der Waals surface area contributed by atoms with Gasteiger partial charge in [0.25, 0.3) is 0 Å². The molecule has 0 saturated heterocycles. The molecule has 2 nitrogen and oxygen atoms in total.